The number of ether oxygens (including phenoxy) is 1. The van der Waals surface area contributed by atoms with Gasteiger partial charge in [0, 0.05) is 6.54 Å². The first-order valence-corrected chi connectivity index (χ1v) is 4.91. The van der Waals surface area contributed by atoms with Gasteiger partial charge in [-0.3, -0.25) is 4.79 Å². The first-order chi connectivity index (χ1) is 6.96. The Kier molecular flexibility index (Phi) is 3.96. The molecule has 0 amide bonds. The molecule has 0 saturated carbocycles. The summed E-state index contributed by atoms with van der Waals surface area (Å²) in [5.74, 6) is -3.43. The van der Waals surface area contributed by atoms with Crippen molar-refractivity contribution in [2.24, 2.45) is 11.8 Å². The molecule has 0 bridgehead atoms. The number of alkyl halides is 3. The van der Waals surface area contributed by atoms with Crippen molar-refractivity contribution < 1.29 is 22.7 Å². The minimum absolute atomic E-state index is 0.0447. The standard InChI is InChI=1S/C9H14F3NO2/c1-2-15-8(14)6-5-13-4-3-7(6)9(10,11)12/h6-7,13H,2-5H2,1H3/t6-,7-/m1/s1. The molecule has 1 saturated heterocycles. The molecule has 1 N–H and O–H groups in total. The van der Waals surface area contributed by atoms with Crippen LogP contribution in [0, 0.1) is 11.8 Å². The van der Waals surface area contributed by atoms with Gasteiger partial charge in [-0.05, 0) is 19.9 Å². The summed E-state index contributed by atoms with van der Waals surface area (Å²) >= 11 is 0. The molecule has 0 unspecified atom stereocenters. The van der Waals surface area contributed by atoms with Crippen molar-refractivity contribution in [2.75, 3.05) is 19.7 Å². The number of esters is 1. The fourth-order valence-corrected chi connectivity index (χ4v) is 1.75. The van der Waals surface area contributed by atoms with Crippen LogP contribution >= 0.6 is 0 Å². The fourth-order valence-electron chi connectivity index (χ4n) is 1.75. The Morgan fingerprint density at radius 1 is 1.53 bits per heavy atom. The third kappa shape index (κ3) is 3.09. The van der Waals surface area contributed by atoms with Crippen molar-refractivity contribution in [1.82, 2.24) is 5.32 Å². The highest BCUT2D eigenvalue weighted by Gasteiger charge is 2.48. The molecular formula is C9H14F3NO2. The third-order valence-electron chi connectivity index (χ3n) is 2.49. The van der Waals surface area contributed by atoms with Crippen molar-refractivity contribution in [3.8, 4) is 0 Å². The largest absolute Gasteiger partial charge is 0.466 e. The summed E-state index contributed by atoms with van der Waals surface area (Å²) in [6, 6.07) is 0. The fraction of sp³-hybridized carbons (Fsp3) is 0.889. The van der Waals surface area contributed by atoms with Gasteiger partial charge in [0.15, 0.2) is 0 Å². The van der Waals surface area contributed by atoms with E-state index >= 15 is 0 Å². The highest BCUT2D eigenvalue weighted by Crippen LogP contribution is 2.36. The van der Waals surface area contributed by atoms with Crippen molar-refractivity contribution in [3.05, 3.63) is 0 Å². The molecule has 0 aromatic rings. The van der Waals surface area contributed by atoms with Crippen molar-refractivity contribution in [3.63, 3.8) is 0 Å². The molecule has 0 radical (unpaired) electrons. The van der Waals surface area contributed by atoms with E-state index in [0.717, 1.165) is 0 Å². The lowest BCUT2D eigenvalue weighted by Crippen LogP contribution is -2.47. The molecule has 1 fully saturated rings. The summed E-state index contributed by atoms with van der Waals surface area (Å²) in [4.78, 5) is 11.3. The molecule has 1 heterocycles. The maximum absolute atomic E-state index is 12.6. The molecule has 1 aliphatic rings. The number of nitrogens with one attached hydrogen (secondary N) is 1. The van der Waals surface area contributed by atoms with E-state index in [0.29, 0.717) is 6.54 Å². The Morgan fingerprint density at radius 3 is 2.73 bits per heavy atom. The molecular weight excluding hydrogens is 211 g/mol. The number of rotatable bonds is 2. The number of carbonyl (C=O) groups is 1. The third-order valence-corrected chi connectivity index (χ3v) is 2.49. The van der Waals surface area contributed by atoms with Gasteiger partial charge in [0.25, 0.3) is 0 Å². The number of halogens is 3. The van der Waals surface area contributed by atoms with Crippen LogP contribution in [-0.4, -0.2) is 31.8 Å². The van der Waals surface area contributed by atoms with E-state index in [2.05, 4.69) is 10.1 Å². The highest BCUT2D eigenvalue weighted by molar-refractivity contribution is 5.73. The molecule has 88 valence electrons. The Morgan fingerprint density at radius 2 is 2.20 bits per heavy atom. The molecule has 0 spiro atoms. The van der Waals surface area contributed by atoms with Crippen LogP contribution in [0.5, 0.6) is 0 Å². The summed E-state index contributed by atoms with van der Waals surface area (Å²) in [6.07, 6.45) is -4.38. The smallest absolute Gasteiger partial charge is 0.392 e. The molecule has 2 atom stereocenters. The molecule has 6 heteroatoms. The Labute approximate surface area is 86.0 Å². The van der Waals surface area contributed by atoms with Crippen LogP contribution in [0.4, 0.5) is 13.2 Å². The molecule has 0 aromatic carbocycles. The normalized spacial score (nSPS) is 27.5. The first kappa shape index (κ1) is 12.3. The SMILES string of the molecule is CCOC(=O)[C@@H]1CNCC[C@H]1C(F)(F)F. The van der Waals surface area contributed by atoms with Gasteiger partial charge in [-0.1, -0.05) is 0 Å². The van der Waals surface area contributed by atoms with Crippen LogP contribution in [-0.2, 0) is 9.53 Å². The van der Waals surface area contributed by atoms with Gasteiger partial charge in [0.2, 0.25) is 0 Å². The zero-order chi connectivity index (χ0) is 11.5. The van der Waals surface area contributed by atoms with Gasteiger partial charge < -0.3 is 10.1 Å². The minimum Gasteiger partial charge on any atom is -0.466 e. The predicted octanol–water partition coefficient (Wildman–Crippen LogP) is 1.34. The van der Waals surface area contributed by atoms with Gasteiger partial charge in [0.1, 0.15) is 0 Å². The maximum atomic E-state index is 12.6. The van der Waals surface area contributed by atoms with E-state index in [1.54, 1.807) is 6.92 Å². The van der Waals surface area contributed by atoms with Crippen LogP contribution in [0.25, 0.3) is 0 Å². The van der Waals surface area contributed by atoms with Gasteiger partial charge in [-0.2, -0.15) is 13.2 Å². The van der Waals surface area contributed by atoms with Gasteiger partial charge in [-0.25, -0.2) is 0 Å². The summed E-state index contributed by atoms with van der Waals surface area (Å²) in [5, 5.41) is 2.78. The predicted molar refractivity (Wildman–Crippen MR) is 47.2 cm³/mol. The lowest BCUT2D eigenvalue weighted by molar-refractivity contribution is -0.202. The monoisotopic (exact) mass is 225 g/mol. The number of hydrogen-bond donors (Lipinski definition) is 1. The van der Waals surface area contributed by atoms with Gasteiger partial charge in [0.05, 0.1) is 18.4 Å². The first-order valence-electron chi connectivity index (χ1n) is 4.91. The van der Waals surface area contributed by atoms with E-state index in [4.69, 9.17) is 0 Å². The van der Waals surface area contributed by atoms with E-state index < -0.39 is 24.0 Å². The lowest BCUT2D eigenvalue weighted by Gasteiger charge is -2.31. The number of piperidine rings is 1. The molecule has 15 heavy (non-hydrogen) atoms. The zero-order valence-corrected chi connectivity index (χ0v) is 8.43. The van der Waals surface area contributed by atoms with E-state index in [9.17, 15) is 18.0 Å². The summed E-state index contributed by atoms with van der Waals surface area (Å²) in [5.41, 5.74) is 0. The molecule has 0 aliphatic carbocycles. The van der Waals surface area contributed by atoms with Crippen LogP contribution in [0.1, 0.15) is 13.3 Å². The second-order valence-electron chi connectivity index (χ2n) is 3.50. The molecule has 1 aliphatic heterocycles. The van der Waals surface area contributed by atoms with Crippen molar-refractivity contribution in [2.45, 2.75) is 19.5 Å². The van der Waals surface area contributed by atoms with Crippen LogP contribution in [0.3, 0.4) is 0 Å². The van der Waals surface area contributed by atoms with Crippen LogP contribution in [0.2, 0.25) is 0 Å². The summed E-state index contributed by atoms with van der Waals surface area (Å²) in [7, 11) is 0. The van der Waals surface area contributed by atoms with Crippen LogP contribution in [0.15, 0.2) is 0 Å². The zero-order valence-electron chi connectivity index (χ0n) is 8.43. The maximum Gasteiger partial charge on any atom is 0.392 e. The topological polar surface area (TPSA) is 38.3 Å². The lowest BCUT2D eigenvalue weighted by atomic mass is 9.86. The second kappa shape index (κ2) is 4.83. The van der Waals surface area contributed by atoms with E-state index in [-0.39, 0.29) is 19.6 Å². The Bertz CT molecular complexity index is 230. The molecule has 3 nitrogen and oxygen atoms in total. The number of carbonyl (C=O) groups excluding carboxylic acids is 1. The molecule has 0 aromatic heterocycles. The number of hydrogen-bond acceptors (Lipinski definition) is 3. The summed E-state index contributed by atoms with van der Waals surface area (Å²) in [6.45, 7) is 2.03. The van der Waals surface area contributed by atoms with Crippen LogP contribution < -0.4 is 5.32 Å². The average molecular weight is 225 g/mol. The van der Waals surface area contributed by atoms with E-state index in [1.807, 2.05) is 0 Å². The quantitative estimate of drug-likeness (QED) is 0.721. The average Bonchev–Trinajstić information content (AvgIpc) is 2.17. The Balaban J connectivity index is 2.70. The second-order valence-corrected chi connectivity index (χ2v) is 3.50. The molecule has 1 rings (SSSR count). The van der Waals surface area contributed by atoms with Crippen molar-refractivity contribution in [1.29, 1.82) is 0 Å². The van der Waals surface area contributed by atoms with Crippen molar-refractivity contribution >= 4 is 5.97 Å². The van der Waals surface area contributed by atoms with Gasteiger partial charge in [-0.15, -0.1) is 0 Å². The van der Waals surface area contributed by atoms with Gasteiger partial charge >= 0.3 is 12.1 Å². The minimum atomic E-state index is -4.32. The Hall–Kier alpha value is -0.780. The summed E-state index contributed by atoms with van der Waals surface area (Å²) < 4.78 is 42.3. The van der Waals surface area contributed by atoms with E-state index in [1.165, 1.54) is 0 Å². The highest BCUT2D eigenvalue weighted by atomic mass is 19.4.